The molecule has 2 aliphatic carbocycles. The molecule has 10 N–H and O–H groups in total. The van der Waals surface area contributed by atoms with Gasteiger partial charge in [-0.05, 0) is 240 Å². The molecule has 0 bridgehead atoms. The zero-order chi connectivity index (χ0) is 101. The molecule has 0 amide bonds. The largest absolute Gasteiger partial charge is 0.396 e. The van der Waals surface area contributed by atoms with E-state index in [0.29, 0.717) is 170 Å². The Morgan fingerprint density at radius 1 is 0.329 bits per heavy atom. The highest BCUT2D eigenvalue weighted by atomic mass is 32.2. The summed E-state index contributed by atoms with van der Waals surface area (Å²) in [7, 11) is -20.3. The van der Waals surface area contributed by atoms with Crippen LogP contribution >= 0.6 is 0 Å². The predicted molar refractivity (Wildman–Crippen MR) is 548 cm³/mol. The first kappa shape index (κ1) is 102. The lowest BCUT2D eigenvalue weighted by molar-refractivity contribution is 0.207. The van der Waals surface area contributed by atoms with Gasteiger partial charge < -0.3 is 57.2 Å². The summed E-state index contributed by atoms with van der Waals surface area (Å²) in [5.74, 6) is 7.18. The van der Waals surface area contributed by atoms with Gasteiger partial charge in [-0.3, -0.25) is 0 Å². The first-order valence-corrected chi connectivity index (χ1v) is 59.1. The highest BCUT2D eigenvalue weighted by Crippen LogP contribution is 2.44. The molecule has 7 aromatic heterocycles. The Morgan fingerprint density at radius 2 is 0.601 bits per heavy atom. The lowest BCUT2D eigenvalue weighted by atomic mass is 10.1. The summed E-state index contributed by atoms with van der Waals surface area (Å²) >= 11 is 0. The quantitative estimate of drug-likeness (QED) is 0.0282. The summed E-state index contributed by atoms with van der Waals surface area (Å²) in [5, 5.41) is 61.8. The number of aliphatic hydroxyl groups is 4. The number of likely N-dealkylation sites (N-methyl/N-ethyl adjacent to an activating group) is 1. The van der Waals surface area contributed by atoms with Crippen LogP contribution in [-0.2, 0) is 114 Å². The molecule has 7 aliphatic heterocycles. The van der Waals surface area contributed by atoms with Crippen LogP contribution in [0.2, 0.25) is 0 Å². The van der Waals surface area contributed by atoms with Crippen LogP contribution in [0.5, 0.6) is 0 Å². The number of aryl methyl sites for hydroxylation is 7. The van der Waals surface area contributed by atoms with Crippen LogP contribution in [-0.4, -0.2) is 267 Å². The molecule has 0 unspecified atom stereocenters. The van der Waals surface area contributed by atoms with Crippen molar-refractivity contribution in [2.24, 2.45) is 11.8 Å². The number of benzene rings is 7. The van der Waals surface area contributed by atoms with Gasteiger partial charge in [-0.15, -0.1) is 0 Å². The van der Waals surface area contributed by atoms with Crippen molar-refractivity contribution in [2.75, 3.05) is 130 Å². The maximum Gasteiger partial charge on any atom is 0.179 e. The van der Waals surface area contributed by atoms with Gasteiger partial charge in [-0.1, -0.05) is 26.7 Å². The third kappa shape index (κ3) is 22.0. The molecule has 0 spiro atoms. The van der Waals surface area contributed by atoms with Crippen molar-refractivity contribution in [1.29, 1.82) is 0 Å². The van der Waals surface area contributed by atoms with Gasteiger partial charge in [0.2, 0.25) is 0 Å². The maximum absolute atomic E-state index is 12.1. The second-order valence-electron chi connectivity index (χ2n) is 37.2. The minimum Gasteiger partial charge on any atom is -0.396 e. The van der Waals surface area contributed by atoms with E-state index in [0.717, 1.165) is 147 Å². The van der Waals surface area contributed by atoms with Crippen LogP contribution < -0.4 is 36.8 Å². The van der Waals surface area contributed by atoms with Crippen LogP contribution in [0.3, 0.4) is 0 Å². The van der Waals surface area contributed by atoms with E-state index in [9.17, 15) is 69.1 Å². The Balaban J connectivity index is 0.000000115. The van der Waals surface area contributed by atoms with Crippen LogP contribution in [0.1, 0.15) is 125 Å². The summed E-state index contributed by atoms with van der Waals surface area (Å²) < 4.78 is 168. The smallest absolute Gasteiger partial charge is 0.179 e. The summed E-state index contributed by atoms with van der Waals surface area (Å²) in [6, 6.07) is 24.5. The van der Waals surface area contributed by atoms with E-state index < -0.39 is 81.1 Å². The molecule has 0 saturated heterocycles. The number of sulfone groups is 7. The Kier molecular flexibility index (Phi) is 30.4. The molecule has 23 rings (SSSR count). The molecule has 2 fully saturated rings. The van der Waals surface area contributed by atoms with Gasteiger partial charge in [-0.2, -0.15) is 0 Å². The molecule has 3 atom stereocenters. The number of rotatable bonds is 22. The minimum atomic E-state index is -3.18. The predicted octanol–water partition coefficient (Wildman–Crippen LogP) is 9.55. The van der Waals surface area contributed by atoms with Gasteiger partial charge >= 0.3 is 0 Å². The van der Waals surface area contributed by atoms with E-state index in [1.54, 1.807) is 111 Å². The fraction of sp³-hybridized carbons (Fsp3) is 0.423. The molecule has 14 heterocycles. The van der Waals surface area contributed by atoms with E-state index in [1.807, 2.05) is 11.9 Å². The average molecular weight is 2090 g/mol. The molecular weight excluding hydrogens is 1970 g/mol. The zero-order valence-corrected chi connectivity index (χ0v) is 85.4. The fourth-order valence-corrected chi connectivity index (χ4v) is 30.2. The Hall–Kier alpha value is -12.0. The topological polar surface area (TPSA) is 576 Å². The van der Waals surface area contributed by atoms with Crippen molar-refractivity contribution in [2.45, 2.75) is 189 Å². The van der Waals surface area contributed by atoms with Gasteiger partial charge in [0, 0.05) is 96.2 Å². The number of fused-ring (bicyclic) bond motifs is 21. The Bertz CT molecular complexity index is 7900. The number of aliphatic hydroxyl groups excluding tert-OH is 4. The van der Waals surface area contributed by atoms with Gasteiger partial charge in [-0.25, -0.2) is 129 Å². The van der Waals surface area contributed by atoms with Crippen molar-refractivity contribution in [3.05, 3.63) is 168 Å². The first-order valence-electron chi connectivity index (χ1n) is 47.6. The van der Waals surface area contributed by atoms with E-state index in [-0.39, 0.29) is 53.5 Å². The second kappa shape index (κ2) is 42.4. The highest BCUT2D eigenvalue weighted by Gasteiger charge is 2.38. The zero-order valence-electron chi connectivity index (χ0n) is 79.7. The van der Waals surface area contributed by atoms with Gasteiger partial charge in [0.05, 0.1) is 132 Å². The van der Waals surface area contributed by atoms with Gasteiger partial charge in [0.15, 0.2) is 68.9 Å². The number of hydrogen-bond acceptors (Lipinski definition) is 39. The van der Waals surface area contributed by atoms with E-state index >= 15 is 0 Å². The SMILES string of the molecule is CC(C)CCNc1ncnc2ccc3c(c12)CCS3(=O)=O.CN(CCO)c1ncnc2ccc3c(c12)CCS3(=O)=O.C[C@@H](Nc1ncnc2ccc3c(c12)CCS3(=O)=O)C1CC1.C[C@@H](O)CNc1ncnc2ccc3c(c12)CCS3(=O)=O.C[C@H](O)CNc1ncnc2ccc3c(c12)CCS3(=O)=O.O=S1(=O)CCc2c1ccc1ncnc(NC3CCCC3)c21.O=S1(=O)CCc2c1ccc1ncnc(NCCCO)c21. The molecule has 14 aromatic rings. The molecule has 46 heteroatoms. The van der Waals surface area contributed by atoms with E-state index in [4.69, 9.17) is 10.2 Å². The number of nitrogens with zero attached hydrogens (tertiary/aromatic N) is 15. The molecule has 0 radical (unpaired) electrons. The number of aromatic nitrogens is 14. The van der Waals surface area contributed by atoms with Crippen LogP contribution in [0.15, 0.2) is 163 Å². The number of anilines is 7. The second-order valence-corrected chi connectivity index (χ2v) is 51.7. The highest BCUT2D eigenvalue weighted by molar-refractivity contribution is 7.93. The van der Waals surface area contributed by atoms with Crippen molar-refractivity contribution >= 4 is 186 Å². The van der Waals surface area contributed by atoms with Crippen molar-refractivity contribution < 1.29 is 79.4 Å². The molecule has 9 aliphatic rings. The van der Waals surface area contributed by atoms with Gasteiger partial charge in [0.1, 0.15) is 85.0 Å². The molecule has 756 valence electrons. The van der Waals surface area contributed by atoms with Crippen molar-refractivity contribution in [1.82, 2.24) is 69.8 Å². The Morgan fingerprint density at radius 3 is 0.902 bits per heavy atom. The first-order chi connectivity index (χ1) is 68.3. The van der Waals surface area contributed by atoms with Crippen LogP contribution in [0.25, 0.3) is 76.3 Å². The van der Waals surface area contributed by atoms with Crippen molar-refractivity contribution in [3.8, 4) is 0 Å². The summed E-state index contributed by atoms with van der Waals surface area (Å²) in [6.45, 7) is 12.5. The molecule has 143 heavy (non-hydrogen) atoms. The molecule has 39 nitrogen and oxygen atoms in total. The van der Waals surface area contributed by atoms with E-state index in [1.165, 1.54) is 57.3 Å². The fourth-order valence-electron chi connectivity index (χ4n) is 19.3. The third-order valence-corrected chi connectivity index (χ3v) is 39.3. The van der Waals surface area contributed by atoms with Crippen LogP contribution in [0, 0.1) is 11.8 Å². The average Bonchev–Trinajstić information content (AvgIpc) is 1.70. The molecular formula is C97H113N21O18S7. The molecule has 2 saturated carbocycles. The lowest BCUT2D eigenvalue weighted by Crippen LogP contribution is -2.22. The standard InChI is InChI=1S/2C15H17N3O2S.C15H19N3O2S.4C13H15N3O3S/c1-9(10-2-3-10)18-15-14-11-6-7-21(19,20)13(11)5-4-12(14)16-8-17-15;19-21(20)8-7-11-13(21)6-5-12-14(11)15(17-9-16-12)18-10-3-1-2-4-10;1-10(2)5-7-16-15-14-11-6-8-21(19,20)13(11)4-3-12(14)17-9-18-15;1-16(5-6-17)13-12-9-4-7-20(18,19)11(9)3-2-10(12)14-8-15-13;2*1-8(17)6-14-13-12-9-4-5-20(18,19)11(9)3-2-10(12)15-7-16-13;17-6-1-5-14-13-12-9-4-7-20(18,19)11(9)3-2-10(12)15-8-16-13/h4-5,8-10H,2-3,6-7H2,1H3,(H,16,17,18);5-6,9-10H,1-4,7-8H2,(H,16,17,18);3-4,9-10H,5-8H2,1-2H3,(H,16,17,18);2-3,8,17H,4-7H2,1H3;2*2-3,7-8,17H,4-6H2,1H3,(H,14,15,16);2-3,8,17H,1,4-7H2,(H,14,15,16)/t9-;;;;2*8-;/m1...10./s1. The van der Waals surface area contributed by atoms with E-state index in [2.05, 4.69) is 122 Å². The third-order valence-electron chi connectivity index (χ3n) is 26.7. The Labute approximate surface area is 828 Å². The maximum atomic E-state index is 12.1. The van der Waals surface area contributed by atoms with Crippen molar-refractivity contribution in [3.63, 3.8) is 0 Å². The summed E-state index contributed by atoms with van der Waals surface area (Å²) in [5.41, 5.74) is 11.1. The number of nitrogens with one attached hydrogen (secondary N) is 6. The summed E-state index contributed by atoms with van der Waals surface area (Å²) in [4.78, 5) is 64.2. The summed E-state index contributed by atoms with van der Waals surface area (Å²) in [6.07, 6.45) is 21.9. The normalized spacial score (nSPS) is 18.1. The number of hydrogen-bond donors (Lipinski definition) is 10. The molecule has 7 aromatic carbocycles. The minimum absolute atomic E-state index is 0.00924. The monoisotopic (exact) mass is 2080 g/mol. The van der Waals surface area contributed by atoms with Gasteiger partial charge in [0.25, 0.3) is 0 Å². The lowest BCUT2D eigenvalue weighted by Gasteiger charge is -2.19. The van der Waals surface area contributed by atoms with Crippen LogP contribution in [0.4, 0.5) is 40.7 Å².